The lowest BCUT2D eigenvalue weighted by Gasteiger charge is -2.45. The predicted octanol–water partition coefficient (Wildman–Crippen LogP) is 4.89. The number of fused-ring (bicyclic) bond motifs is 2. The Morgan fingerprint density at radius 3 is 2.23 bits per heavy atom. The second-order valence-corrected chi connectivity index (χ2v) is 16.3. The van der Waals surface area contributed by atoms with Crippen LogP contribution in [0.3, 0.4) is 0 Å². The molecule has 1 N–H and O–H groups in total. The minimum atomic E-state index is -0.976. The molecule has 13 nitrogen and oxygen atoms in total. The molecule has 1 unspecified atom stereocenters. The monoisotopic (exact) mass is 782 g/mol. The molecule has 5 aliphatic heterocycles. The Labute approximate surface area is 334 Å². The number of rotatable bonds is 7. The van der Waals surface area contributed by atoms with Crippen molar-refractivity contribution >= 4 is 63.9 Å². The molecule has 0 radical (unpaired) electrons. The topological polar surface area (TPSA) is 150 Å². The van der Waals surface area contributed by atoms with Crippen LogP contribution in [0.15, 0.2) is 72.9 Å². The molecule has 57 heavy (non-hydrogen) atoms. The Hall–Kier alpha value is -6.10. The third-order valence-electron chi connectivity index (χ3n) is 12.0. The van der Waals surface area contributed by atoms with Crippen LogP contribution in [-0.4, -0.2) is 96.2 Å². The molecule has 3 aromatic carbocycles. The number of imide groups is 2. The number of nitrogens with one attached hydrogen (secondary N) is 1. The van der Waals surface area contributed by atoms with Crippen molar-refractivity contribution < 1.29 is 24.0 Å². The normalized spacial score (nSPS) is 20.7. The van der Waals surface area contributed by atoms with Crippen molar-refractivity contribution in [2.45, 2.75) is 38.1 Å². The van der Waals surface area contributed by atoms with E-state index >= 15 is 0 Å². The number of aromatic nitrogens is 1. The largest absolute Gasteiger partial charge is 0.371 e. The van der Waals surface area contributed by atoms with Gasteiger partial charge < -0.3 is 9.80 Å². The molecule has 0 bridgehead atoms. The van der Waals surface area contributed by atoms with E-state index in [0.717, 1.165) is 78.8 Å². The average Bonchev–Trinajstić information content (AvgIpc) is 3.56. The standard InChI is InChI=1S/C43H39ClN8O5/c1-43(2)33-17-27(5-10-36(33)51(42(43)57)30-19-34(44)35(20-45)46-21-30)26-3-6-28(7-4-26)50-23-25(24-50)22-48-13-15-49(16-14-48)29-8-9-31-32(18-29)41(56)52(40(31)55)37-11-12-38(53)47-39(37)54/h3-10,17-19,21,25,37H,11-16,22-24H2,1-2H3,(H,47,53,54). The van der Waals surface area contributed by atoms with Crippen molar-refractivity contribution in [3.05, 3.63) is 100 Å². The van der Waals surface area contributed by atoms with E-state index in [-0.39, 0.29) is 29.5 Å². The lowest BCUT2D eigenvalue weighted by Crippen LogP contribution is -2.55. The molecule has 3 saturated heterocycles. The second-order valence-electron chi connectivity index (χ2n) is 15.9. The fraction of sp³-hybridized carbons (Fsp3) is 0.326. The molecule has 1 aromatic heterocycles. The lowest BCUT2D eigenvalue weighted by molar-refractivity contribution is -0.136. The summed E-state index contributed by atoms with van der Waals surface area (Å²) in [5.74, 6) is -1.52. The van der Waals surface area contributed by atoms with Gasteiger partial charge in [-0.05, 0) is 85.5 Å². The minimum absolute atomic E-state index is 0.0844. The summed E-state index contributed by atoms with van der Waals surface area (Å²) in [7, 11) is 0. The Balaban J connectivity index is 0.787. The summed E-state index contributed by atoms with van der Waals surface area (Å²) in [6.45, 7) is 10.2. The molecule has 3 fully saturated rings. The van der Waals surface area contributed by atoms with Gasteiger partial charge in [-0.1, -0.05) is 29.8 Å². The van der Waals surface area contributed by atoms with Crippen LogP contribution in [0.5, 0.6) is 0 Å². The number of amides is 5. The van der Waals surface area contributed by atoms with Crippen LogP contribution in [0.4, 0.5) is 22.7 Å². The van der Waals surface area contributed by atoms with Gasteiger partial charge in [0.05, 0.1) is 39.1 Å². The maximum absolute atomic E-state index is 13.6. The fourth-order valence-electron chi connectivity index (χ4n) is 8.77. The SMILES string of the molecule is CC1(C)C(=O)N(c2cnc(C#N)c(Cl)c2)c2ccc(-c3ccc(N4CC(CN5CCN(c6ccc7c(c6)C(=O)N(C6CCC(=O)NC6=O)C7=O)CC5)C4)cc3)cc21. The molecule has 5 amide bonds. The highest BCUT2D eigenvalue weighted by Gasteiger charge is 2.46. The second kappa shape index (κ2) is 13.8. The third kappa shape index (κ3) is 6.20. The van der Waals surface area contributed by atoms with Crippen molar-refractivity contribution in [2.24, 2.45) is 5.92 Å². The van der Waals surface area contributed by atoms with Gasteiger partial charge in [-0.15, -0.1) is 0 Å². The number of carbonyl (C=O) groups excluding carboxylic acids is 5. The maximum atomic E-state index is 13.6. The Morgan fingerprint density at radius 1 is 0.825 bits per heavy atom. The van der Waals surface area contributed by atoms with Crippen molar-refractivity contribution in [2.75, 3.05) is 60.5 Å². The number of nitrogens with zero attached hydrogens (tertiary/aromatic N) is 7. The van der Waals surface area contributed by atoms with E-state index in [1.165, 1.54) is 11.9 Å². The van der Waals surface area contributed by atoms with Gasteiger partial charge in [0.15, 0.2) is 5.69 Å². The summed E-state index contributed by atoms with van der Waals surface area (Å²) in [5, 5.41) is 11.7. The van der Waals surface area contributed by atoms with E-state index in [0.29, 0.717) is 22.7 Å². The first-order valence-electron chi connectivity index (χ1n) is 19.1. The number of nitriles is 1. The highest BCUT2D eigenvalue weighted by atomic mass is 35.5. The first kappa shape index (κ1) is 36.5. The Morgan fingerprint density at radius 2 is 1.53 bits per heavy atom. The molecule has 0 saturated carbocycles. The van der Waals surface area contributed by atoms with Gasteiger partial charge in [-0.3, -0.25) is 44.0 Å². The van der Waals surface area contributed by atoms with E-state index in [9.17, 15) is 29.2 Å². The van der Waals surface area contributed by atoms with Gasteiger partial charge in [0.25, 0.3) is 11.8 Å². The number of halogens is 1. The highest BCUT2D eigenvalue weighted by molar-refractivity contribution is 6.32. The lowest BCUT2D eigenvalue weighted by atomic mass is 9.84. The Bertz CT molecular complexity index is 2430. The molecule has 0 aliphatic carbocycles. The third-order valence-corrected chi connectivity index (χ3v) is 12.3. The van der Waals surface area contributed by atoms with E-state index in [2.05, 4.69) is 55.3 Å². The van der Waals surface area contributed by atoms with E-state index in [1.807, 2.05) is 38.1 Å². The van der Waals surface area contributed by atoms with Crippen LogP contribution >= 0.6 is 11.6 Å². The van der Waals surface area contributed by atoms with E-state index in [4.69, 9.17) is 11.6 Å². The van der Waals surface area contributed by atoms with Crippen molar-refractivity contribution in [1.29, 1.82) is 5.26 Å². The van der Waals surface area contributed by atoms with Crippen LogP contribution in [0.2, 0.25) is 5.02 Å². The van der Waals surface area contributed by atoms with Crippen molar-refractivity contribution in [3.8, 4) is 17.2 Å². The molecular weight excluding hydrogens is 744 g/mol. The van der Waals surface area contributed by atoms with Gasteiger partial charge in [0, 0.05) is 69.5 Å². The molecule has 4 aromatic rings. The van der Waals surface area contributed by atoms with Crippen LogP contribution in [0.25, 0.3) is 11.1 Å². The molecule has 9 rings (SSSR count). The molecule has 6 heterocycles. The molecular formula is C43H39ClN8O5. The molecule has 0 spiro atoms. The predicted molar refractivity (Wildman–Crippen MR) is 213 cm³/mol. The van der Waals surface area contributed by atoms with Gasteiger partial charge in [-0.25, -0.2) is 4.98 Å². The zero-order valence-corrected chi connectivity index (χ0v) is 32.3. The number of hydrogen-bond donors (Lipinski definition) is 1. The number of pyridine rings is 1. The smallest absolute Gasteiger partial charge is 0.262 e. The van der Waals surface area contributed by atoms with Crippen LogP contribution in [-0.2, 0) is 19.8 Å². The van der Waals surface area contributed by atoms with Gasteiger partial charge in [0.2, 0.25) is 17.7 Å². The zero-order valence-electron chi connectivity index (χ0n) is 31.5. The highest BCUT2D eigenvalue weighted by Crippen LogP contribution is 2.47. The summed E-state index contributed by atoms with van der Waals surface area (Å²) in [5.41, 5.74) is 6.30. The summed E-state index contributed by atoms with van der Waals surface area (Å²) in [6, 6.07) is 22.6. The molecule has 288 valence electrons. The zero-order chi connectivity index (χ0) is 39.7. The molecule has 5 aliphatic rings. The number of piperidine rings is 1. The number of benzene rings is 3. The molecule has 14 heteroatoms. The Kier molecular flexibility index (Phi) is 8.86. The number of hydrogen-bond acceptors (Lipinski definition) is 10. The van der Waals surface area contributed by atoms with Gasteiger partial charge >= 0.3 is 0 Å². The number of carbonyl (C=O) groups is 5. The average molecular weight is 783 g/mol. The number of anilines is 4. The quantitative estimate of drug-likeness (QED) is 0.257. The van der Waals surface area contributed by atoms with Gasteiger partial charge in [-0.2, -0.15) is 5.26 Å². The van der Waals surface area contributed by atoms with E-state index < -0.39 is 35.1 Å². The first-order valence-corrected chi connectivity index (χ1v) is 19.5. The van der Waals surface area contributed by atoms with Crippen LogP contribution in [0.1, 0.15) is 58.7 Å². The van der Waals surface area contributed by atoms with Crippen molar-refractivity contribution in [3.63, 3.8) is 0 Å². The summed E-state index contributed by atoms with van der Waals surface area (Å²) in [6.07, 6.45) is 1.73. The maximum Gasteiger partial charge on any atom is 0.262 e. The van der Waals surface area contributed by atoms with E-state index in [1.54, 1.807) is 23.1 Å². The summed E-state index contributed by atoms with van der Waals surface area (Å²) in [4.78, 5) is 78.0. The molecule has 1 atom stereocenters. The number of piperazine rings is 1. The summed E-state index contributed by atoms with van der Waals surface area (Å²) >= 11 is 6.27. The van der Waals surface area contributed by atoms with Gasteiger partial charge in [0.1, 0.15) is 12.1 Å². The van der Waals surface area contributed by atoms with Crippen LogP contribution < -0.4 is 20.0 Å². The van der Waals surface area contributed by atoms with Crippen LogP contribution in [0, 0.1) is 17.2 Å². The fourth-order valence-corrected chi connectivity index (χ4v) is 8.98. The summed E-state index contributed by atoms with van der Waals surface area (Å²) < 4.78 is 0. The minimum Gasteiger partial charge on any atom is -0.371 e. The first-order chi connectivity index (χ1) is 27.4. The van der Waals surface area contributed by atoms with Crippen molar-refractivity contribution in [1.82, 2.24) is 20.1 Å².